The van der Waals surface area contributed by atoms with Crippen LogP contribution in [-0.2, 0) is 4.79 Å². The molecule has 0 saturated carbocycles. The molecule has 0 aromatic carbocycles. The number of carbonyl (C=O) groups is 1. The molecule has 4 nitrogen and oxygen atoms in total. The lowest BCUT2D eigenvalue weighted by molar-refractivity contribution is -0.130. The maximum Gasteiger partial charge on any atom is 0.264 e. The van der Waals surface area contributed by atoms with E-state index in [0.29, 0.717) is 0 Å². The van der Waals surface area contributed by atoms with Crippen molar-refractivity contribution in [2.45, 2.75) is 75.9 Å². The molecular weight excluding hydrogens is 312 g/mol. The Labute approximate surface area is 142 Å². The van der Waals surface area contributed by atoms with Crippen molar-refractivity contribution in [1.82, 2.24) is 9.80 Å². The van der Waals surface area contributed by atoms with Gasteiger partial charge in [0.1, 0.15) is 11.6 Å². The highest BCUT2D eigenvalue weighted by Crippen LogP contribution is 2.46. The van der Waals surface area contributed by atoms with E-state index in [2.05, 4.69) is 6.92 Å². The van der Waals surface area contributed by atoms with E-state index in [1.54, 1.807) is 24.8 Å². The van der Waals surface area contributed by atoms with Crippen LogP contribution in [0.15, 0.2) is 11.6 Å². The van der Waals surface area contributed by atoms with Crippen molar-refractivity contribution < 1.29 is 13.6 Å². The number of hydrogen-bond donors (Lipinski definition) is 0. The van der Waals surface area contributed by atoms with Gasteiger partial charge in [-0.15, -0.1) is 0 Å². The average molecular weight is 337 g/mol. The Morgan fingerprint density at radius 1 is 1.29 bits per heavy atom. The number of halogens is 2. The van der Waals surface area contributed by atoms with Crippen LogP contribution in [0.25, 0.3) is 0 Å². The van der Waals surface area contributed by atoms with Gasteiger partial charge in [0.15, 0.2) is 0 Å². The van der Waals surface area contributed by atoms with Crippen LogP contribution in [0.2, 0.25) is 0 Å². The third-order valence-corrected chi connectivity index (χ3v) is 6.03. The first-order chi connectivity index (χ1) is 11.1. The SMILES string of the molecule is CC(C)(C=C(C#N)C(=O)N1C2CCC1(C)CC2)N1CCC(F)(F)C1. The summed E-state index contributed by atoms with van der Waals surface area (Å²) in [7, 11) is 0. The molecule has 0 unspecified atom stereocenters. The van der Waals surface area contributed by atoms with E-state index in [1.165, 1.54) is 0 Å². The monoisotopic (exact) mass is 337 g/mol. The van der Waals surface area contributed by atoms with Crippen LogP contribution in [0.4, 0.5) is 8.78 Å². The summed E-state index contributed by atoms with van der Waals surface area (Å²) in [5.74, 6) is -2.93. The average Bonchev–Trinajstić information content (AvgIpc) is 3.13. The standard InChI is InChI=1S/C18H25F2N3O/c1-16(2,22-9-8-18(19,20)12-22)10-13(11-21)15(24)23-14-4-6-17(23,3)7-5-14/h10,14H,4-9,12H2,1-3H3. The zero-order valence-electron chi connectivity index (χ0n) is 14.6. The first kappa shape index (κ1) is 17.3. The lowest BCUT2D eigenvalue weighted by Crippen LogP contribution is -2.45. The zero-order chi connectivity index (χ0) is 17.8. The second-order valence-electron chi connectivity index (χ2n) is 8.25. The van der Waals surface area contributed by atoms with Gasteiger partial charge in [-0.25, -0.2) is 8.78 Å². The summed E-state index contributed by atoms with van der Waals surface area (Å²) in [4.78, 5) is 16.5. The highest BCUT2D eigenvalue weighted by molar-refractivity contribution is 5.98. The van der Waals surface area contributed by atoms with Gasteiger partial charge >= 0.3 is 0 Å². The van der Waals surface area contributed by atoms with E-state index >= 15 is 0 Å². The number of hydrogen-bond acceptors (Lipinski definition) is 3. The van der Waals surface area contributed by atoms with E-state index in [-0.39, 0.29) is 42.6 Å². The predicted molar refractivity (Wildman–Crippen MR) is 86.4 cm³/mol. The van der Waals surface area contributed by atoms with Crippen LogP contribution < -0.4 is 0 Å². The Kier molecular flexibility index (Phi) is 3.99. The van der Waals surface area contributed by atoms with Crippen molar-refractivity contribution in [2.24, 2.45) is 0 Å². The summed E-state index contributed by atoms with van der Waals surface area (Å²) >= 11 is 0. The number of carbonyl (C=O) groups excluding carboxylic acids is 1. The van der Waals surface area contributed by atoms with Crippen LogP contribution in [0, 0.1) is 11.3 Å². The van der Waals surface area contributed by atoms with E-state index in [0.717, 1.165) is 25.7 Å². The molecule has 0 N–H and O–H groups in total. The van der Waals surface area contributed by atoms with Gasteiger partial charge in [0.25, 0.3) is 11.8 Å². The normalized spacial score (nSPS) is 33.1. The molecular formula is C18H25F2N3O. The molecule has 24 heavy (non-hydrogen) atoms. The van der Waals surface area contributed by atoms with Crippen molar-refractivity contribution in [3.63, 3.8) is 0 Å². The molecule has 0 aromatic rings. The van der Waals surface area contributed by atoms with Crippen molar-refractivity contribution in [2.75, 3.05) is 13.1 Å². The summed E-state index contributed by atoms with van der Waals surface area (Å²) in [6, 6.07) is 2.24. The fourth-order valence-electron chi connectivity index (χ4n) is 4.52. The number of amides is 1. The molecule has 3 aliphatic heterocycles. The Bertz CT molecular complexity index is 612. The molecule has 1 amide bonds. The first-order valence-electron chi connectivity index (χ1n) is 8.68. The van der Waals surface area contributed by atoms with Gasteiger partial charge in [-0.05, 0) is 52.5 Å². The summed E-state index contributed by atoms with van der Waals surface area (Å²) in [6.07, 6.45) is 5.34. The third-order valence-electron chi connectivity index (χ3n) is 6.03. The Morgan fingerprint density at radius 2 is 1.92 bits per heavy atom. The van der Waals surface area contributed by atoms with Crippen LogP contribution in [0.3, 0.4) is 0 Å². The fourth-order valence-corrected chi connectivity index (χ4v) is 4.52. The second-order valence-corrected chi connectivity index (χ2v) is 8.25. The number of nitriles is 1. The predicted octanol–water partition coefficient (Wildman–Crippen LogP) is 3.10. The van der Waals surface area contributed by atoms with Crippen LogP contribution in [0.1, 0.15) is 52.9 Å². The van der Waals surface area contributed by atoms with Crippen molar-refractivity contribution in [3.05, 3.63) is 11.6 Å². The number of nitrogens with zero attached hydrogens (tertiary/aromatic N) is 3. The molecule has 2 bridgehead atoms. The number of alkyl halides is 2. The molecule has 6 heteroatoms. The third kappa shape index (κ3) is 2.83. The Balaban J connectivity index is 1.82. The van der Waals surface area contributed by atoms with Crippen LogP contribution in [0.5, 0.6) is 0 Å². The highest BCUT2D eigenvalue weighted by atomic mass is 19.3. The van der Waals surface area contributed by atoms with E-state index in [4.69, 9.17) is 0 Å². The summed E-state index contributed by atoms with van der Waals surface area (Å²) in [5, 5.41) is 9.51. The molecule has 3 fully saturated rings. The van der Waals surface area contributed by atoms with E-state index < -0.39 is 11.5 Å². The molecule has 132 valence electrons. The van der Waals surface area contributed by atoms with Gasteiger partial charge in [0, 0.05) is 30.1 Å². The van der Waals surface area contributed by atoms with Gasteiger partial charge in [-0.2, -0.15) is 5.26 Å². The highest BCUT2D eigenvalue weighted by Gasteiger charge is 2.51. The fraction of sp³-hybridized carbons (Fsp3) is 0.778. The minimum absolute atomic E-state index is 0.0789. The molecule has 3 aliphatic rings. The number of likely N-dealkylation sites (tertiary alicyclic amines) is 1. The van der Waals surface area contributed by atoms with Gasteiger partial charge in [-0.1, -0.05) is 0 Å². The lowest BCUT2D eigenvalue weighted by atomic mass is 9.90. The first-order valence-corrected chi connectivity index (χ1v) is 8.68. The number of rotatable bonds is 3. The van der Waals surface area contributed by atoms with E-state index in [9.17, 15) is 18.8 Å². The van der Waals surface area contributed by atoms with Gasteiger partial charge in [0.2, 0.25) is 0 Å². The van der Waals surface area contributed by atoms with Gasteiger partial charge in [0.05, 0.1) is 6.54 Å². The molecule has 3 saturated heterocycles. The Hall–Kier alpha value is -1.48. The van der Waals surface area contributed by atoms with Crippen LogP contribution in [-0.4, -0.2) is 51.8 Å². The largest absolute Gasteiger partial charge is 0.330 e. The summed E-state index contributed by atoms with van der Waals surface area (Å²) in [5.41, 5.74) is -0.821. The summed E-state index contributed by atoms with van der Waals surface area (Å²) < 4.78 is 27.0. The molecule has 3 heterocycles. The quantitative estimate of drug-likeness (QED) is 0.587. The van der Waals surface area contributed by atoms with Crippen molar-refractivity contribution in [1.29, 1.82) is 5.26 Å². The maximum atomic E-state index is 13.5. The topological polar surface area (TPSA) is 47.3 Å². The molecule has 3 rings (SSSR count). The van der Waals surface area contributed by atoms with Crippen molar-refractivity contribution >= 4 is 5.91 Å². The zero-order valence-corrected chi connectivity index (χ0v) is 14.6. The molecule has 0 spiro atoms. The van der Waals surface area contributed by atoms with Gasteiger partial charge < -0.3 is 4.90 Å². The second kappa shape index (κ2) is 5.52. The molecule has 0 aliphatic carbocycles. The molecule has 0 radical (unpaired) electrons. The lowest BCUT2D eigenvalue weighted by Gasteiger charge is -2.34. The maximum absolute atomic E-state index is 13.5. The smallest absolute Gasteiger partial charge is 0.264 e. The number of fused-ring (bicyclic) bond motifs is 2. The minimum atomic E-state index is -2.69. The van der Waals surface area contributed by atoms with E-state index in [1.807, 2.05) is 11.0 Å². The van der Waals surface area contributed by atoms with Crippen molar-refractivity contribution in [3.8, 4) is 6.07 Å². The minimum Gasteiger partial charge on any atom is -0.330 e. The van der Waals surface area contributed by atoms with Crippen LogP contribution >= 0.6 is 0 Å². The Morgan fingerprint density at radius 3 is 2.33 bits per heavy atom. The summed E-state index contributed by atoms with van der Waals surface area (Å²) in [6.45, 7) is 5.61. The molecule has 0 atom stereocenters. The van der Waals surface area contributed by atoms with Gasteiger partial charge in [-0.3, -0.25) is 9.69 Å². The molecule has 0 aromatic heterocycles.